The van der Waals surface area contributed by atoms with Crippen molar-refractivity contribution in [2.45, 2.75) is 0 Å². The molecule has 0 rings (SSSR count). The smallest absolute Gasteiger partial charge is 0.0263 e. The van der Waals surface area contributed by atoms with Gasteiger partial charge >= 0.3 is 0 Å². The molecule has 0 atom stereocenters. The van der Waals surface area contributed by atoms with Crippen molar-refractivity contribution in [2.75, 3.05) is 0 Å². The monoisotopic (exact) mass is 132 g/mol. The standard InChI is InChI=1S/C10H12/c1-4-7-9-10(6-3)8-5-2/h4-9H,1-3H2/b9-7+,10-8+. The van der Waals surface area contributed by atoms with Crippen LogP contribution in [0.2, 0.25) is 0 Å². The third kappa shape index (κ3) is 3.67. The first-order valence-electron chi connectivity index (χ1n) is 3.09. The molecule has 0 bridgehead atoms. The van der Waals surface area contributed by atoms with Crippen molar-refractivity contribution in [1.29, 1.82) is 0 Å². The molecule has 0 aliphatic rings. The lowest BCUT2D eigenvalue weighted by Gasteiger charge is -1.86. The van der Waals surface area contributed by atoms with Crippen molar-refractivity contribution in [3.63, 3.8) is 0 Å². The van der Waals surface area contributed by atoms with E-state index in [9.17, 15) is 0 Å². The summed E-state index contributed by atoms with van der Waals surface area (Å²) in [6.45, 7) is 10.8. The lowest BCUT2D eigenvalue weighted by molar-refractivity contribution is 1.70. The van der Waals surface area contributed by atoms with Crippen LogP contribution in [0.15, 0.2) is 61.8 Å². The highest BCUT2D eigenvalue weighted by atomic mass is 13.8. The van der Waals surface area contributed by atoms with Gasteiger partial charge in [0.25, 0.3) is 0 Å². The van der Waals surface area contributed by atoms with Crippen LogP contribution in [0, 0.1) is 0 Å². The summed E-state index contributed by atoms with van der Waals surface area (Å²) in [4.78, 5) is 0. The zero-order chi connectivity index (χ0) is 7.82. The quantitative estimate of drug-likeness (QED) is 0.516. The summed E-state index contributed by atoms with van der Waals surface area (Å²) in [6.07, 6.45) is 10.9. The van der Waals surface area contributed by atoms with Crippen LogP contribution in [0.3, 0.4) is 0 Å². The molecule has 0 saturated heterocycles. The normalized spacial score (nSPS) is 11.4. The summed E-state index contributed by atoms with van der Waals surface area (Å²) in [5, 5.41) is 0. The van der Waals surface area contributed by atoms with E-state index in [1.165, 1.54) is 0 Å². The molecule has 0 saturated carbocycles. The molecule has 0 spiro atoms. The highest BCUT2D eigenvalue weighted by Crippen LogP contribution is 1.97. The minimum absolute atomic E-state index is 1.04. The Balaban J connectivity index is 4.20. The fraction of sp³-hybridized carbons (Fsp3) is 0. The van der Waals surface area contributed by atoms with Crippen LogP contribution < -0.4 is 0 Å². The molecule has 0 heteroatoms. The molecule has 0 nitrogen and oxygen atoms in total. The van der Waals surface area contributed by atoms with E-state index in [-0.39, 0.29) is 0 Å². The predicted octanol–water partition coefficient (Wildman–Crippen LogP) is 3.03. The van der Waals surface area contributed by atoms with Gasteiger partial charge in [0.1, 0.15) is 0 Å². The Morgan fingerprint density at radius 3 is 2.10 bits per heavy atom. The van der Waals surface area contributed by atoms with E-state index in [0.29, 0.717) is 0 Å². The summed E-state index contributed by atoms with van der Waals surface area (Å²) in [7, 11) is 0. The SMILES string of the molecule is C=C/C=C/C(C=C)=C/C=C. The van der Waals surface area contributed by atoms with Crippen molar-refractivity contribution in [1.82, 2.24) is 0 Å². The van der Waals surface area contributed by atoms with E-state index in [2.05, 4.69) is 19.7 Å². The molecule has 0 aromatic carbocycles. The number of rotatable bonds is 4. The maximum Gasteiger partial charge on any atom is -0.0263 e. The van der Waals surface area contributed by atoms with Crippen molar-refractivity contribution in [3.8, 4) is 0 Å². The second-order valence-corrected chi connectivity index (χ2v) is 1.70. The molecule has 0 amide bonds. The van der Waals surface area contributed by atoms with Gasteiger partial charge in [-0.25, -0.2) is 0 Å². The van der Waals surface area contributed by atoms with Crippen LogP contribution in [0.4, 0.5) is 0 Å². The van der Waals surface area contributed by atoms with Crippen LogP contribution in [-0.2, 0) is 0 Å². The molecule has 0 aliphatic carbocycles. The topological polar surface area (TPSA) is 0 Å². The second kappa shape index (κ2) is 5.83. The highest BCUT2D eigenvalue weighted by molar-refractivity contribution is 5.33. The Morgan fingerprint density at radius 1 is 1.00 bits per heavy atom. The zero-order valence-electron chi connectivity index (χ0n) is 6.09. The lowest BCUT2D eigenvalue weighted by Crippen LogP contribution is -1.65. The Kier molecular flexibility index (Phi) is 5.07. The highest BCUT2D eigenvalue weighted by Gasteiger charge is 1.77. The first-order chi connectivity index (χ1) is 4.85. The molecule has 0 aliphatic heterocycles. The van der Waals surface area contributed by atoms with E-state index in [4.69, 9.17) is 0 Å². The van der Waals surface area contributed by atoms with E-state index < -0.39 is 0 Å². The Hall–Kier alpha value is -1.30. The molecule has 0 radical (unpaired) electrons. The molecular weight excluding hydrogens is 120 g/mol. The Labute approximate surface area is 62.6 Å². The van der Waals surface area contributed by atoms with E-state index in [1.54, 1.807) is 18.2 Å². The predicted molar refractivity (Wildman–Crippen MR) is 47.8 cm³/mol. The Morgan fingerprint density at radius 2 is 1.70 bits per heavy atom. The first-order valence-corrected chi connectivity index (χ1v) is 3.09. The van der Waals surface area contributed by atoms with Crippen molar-refractivity contribution in [3.05, 3.63) is 61.8 Å². The first kappa shape index (κ1) is 8.70. The van der Waals surface area contributed by atoms with Crippen LogP contribution in [0.5, 0.6) is 0 Å². The van der Waals surface area contributed by atoms with Crippen LogP contribution in [-0.4, -0.2) is 0 Å². The molecule has 0 unspecified atom stereocenters. The van der Waals surface area contributed by atoms with Gasteiger partial charge in [0.05, 0.1) is 0 Å². The lowest BCUT2D eigenvalue weighted by atomic mass is 10.2. The summed E-state index contributed by atoms with van der Waals surface area (Å²) in [6, 6.07) is 0. The molecule has 0 fully saturated rings. The number of hydrogen-bond acceptors (Lipinski definition) is 0. The van der Waals surface area contributed by atoms with Gasteiger partial charge in [-0.15, -0.1) is 0 Å². The van der Waals surface area contributed by atoms with Gasteiger partial charge in [-0.05, 0) is 5.57 Å². The van der Waals surface area contributed by atoms with Crippen molar-refractivity contribution >= 4 is 0 Å². The Bertz CT molecular complexity index is 180. The molecule has 0 N–H and O–H groups in total. The van der Waals surface area contributed by atoms with E-state index in [0.717, 1.165) is 5.57 Å². The van der Waals surface area contributed by atoms with E-state index >= 15 is 0 Å². The zero-order valence-corrected chi connectivity index (χ0v) is 6.09. The van der Waals surface area contributed by atoms with Crippen molar-refractivity contribution < 1.29 is 0 Å². The maximum atomic E-state index is 3.63. The van der Waals surface area contributed by atoms with Gasteiger partial charge in [-0.1, -0.05) is 56.2 Å². The summed E-state index contributed by atoms with van der Waals surface area (Å²) in [5.74, 6) is 0. The van der Waals surface area contributed by atoms with Crippen LogP contribution in [0.25, 0.3) is 0 Å². The minimum Gasteiger partial charge on any atom is -0.0991 e. The van der Waals surface area contributed by atoms with Crippen molar-refractivity contribution in [2.24, 2.45) is 0 Å². The van der Waals surface area contributed by atoms with Crippen LogP contribution in [0.1, 0.15) is 0 Å². The third-order valence-corrected chi connectivity index (χ3v) is 0.971. The minimum atomic E-state index is 1.04. The molecule has 52 valence electrons. The average molecular weight is 132 g/mol. The van der Waals surface area contributed by atoms with Gasteiger partial charge in [0.2, 0.25) is 0 Å². The fourth-order valence-corrected chi connectivity index (χ4v) is 0.507. The van der Waals surface area contributed by atoms with Gasteiger partial charge in [-0.2, -0.15) is 0 Å². The third-order valence-electron chi connectivity index (χ3n) is 0.971. The average Bonchev–Trinajstić information content (AvgIpc) is 1.98. The summed E-state index contributed by atoms with van der Waals surface area (Å²) in [5.41, 5.74) is 1.04. The molecule has 10 heavy (non-hydrogen) atoms. The largest absolute Gasteiger partial charge is 0.0991 e. The van der Waals surface area contributed by atoms with E-state index in [1.807, 2.05) is 18.2 Å². The fourth-order valence-electron chi connectivity index (χ4n) is 0.507. The molecule has 0 aromatic rings. The van der Waals surface area contributed by atoms with Gasteiger partial charge < -0.3 is 0 Å². The van der Waals surface area contributed by atoms with Gasteiger partial charge in [0.15, 0.2) is 0 Å². The second-order valence-electron chi connectivity index (χ2n) is 1.70. The molecule has 0 heterocycles. The summed E-state index contributed by atoms with van der Waals surface area (Å²) < 4.78 is 0. The van der Waals surface area contributed by atoms with Gasteiger partial charge in [-0.3, -0.25) is 0 Å². The summed E-state index contributed by atoms with van der Waals surface area (Å²) >= 11 is 0. The molecule has 0 aromatic heterocycles. The van der Waals surface area contributed by atoms with Crippen LogP contribution >= 0.6 is 0 Å². The molecular formula is C10H12. The van der Waals surface area contributed by atoms with Gasteiger partial charge in [0, 0.05) is 0 Å². The maximum absolute atomic E-state index is 3.63. The number of hydrogen-bond donors (Lipinski definition) is 0. The number of allylic oxidation sites excluding steroid dienone is 7.